The lowest BCUT2D eigenvalue weighted by Gasteiger charge is -2.22. The van der Waals surface area contributed by atoms with Crippen LogP contribution in [0.1, 0.15) is 24.0 Å². The molecule has 1 saturated heterocycles. The van der Waals surface area contributed by atoms with E-state index in [1.54, 1.807) is 0 Å². The molecule has 0 bridgehead atoms. The smallest absolute Gasteiger partial charge is 0.126 e. The molecule has 0 radical (unpaired) electrons. The molecule has 4 rings (SSSR count). The van der Waals surface area contributed by atoms with Crippen molar-refractivity contribution in [2.45, 2.75) is 32.1 Å². The lowest BCUT2D eigenvalue weighted by atomic mass is 10.1. The zero-order chi connectivity index (χ0) is 18.5. The van der Waals surface area contributed by atoms with Gasteiger partial charge in [-0.3, -0.25) is 0 Å². The molecule has 1 aliphatic rings. The average Bonchev–Trinajstić information content (AvgIpc) is 2.72. The summed E-state index contributed by atoms with van der Waals surface area (Å²) >= 11 is 3.57. The number of nitrogens with zero attached hydrogens (tertiary/aromatic N) is 1. The third-order valence-corrected chi connectivity index (χ3v) is 5.43. The molecule has 140 valence electrons. The quantitative estimate of drug-likeness (QED) is 0.580. The number of hydrogen-bond donors (Lipinski definition) is 1. The predicted molar refractivity (Wildman–Crippen MR) is 112 cm³/mol. The van der Waals surface area contributed by atoms with Gasteiger partial charge in [-0.1, -0.05) is 36.4 Å². The standard InChI is InChI=1S/C22H23BrN2O2/c23-20-6-2-5-18-7-8-21(25-22(18)20)24-14-16-3-1-4-17(13-16)15-27-19-9-11-26-12-10-19/h1-8,13,19H,9-12,14-15H2,(H,24,25). The Morgan fingerprint density at radius 3 is 2.74 bits per heavy atom. The second-order valence-corrected chi connectivity index (χ2v) is 7.66. The molecule has 4 nitrogen and oxygen atoms in total. The summed E-state index contributed by atoms with van der Waals surface area (Å²) < 4.78 is 12.4. The number of rotatable bonds is 6. The van der Waals surface area contributed by atoms with Crippen LogP contribution in [0.5, 0.6) is 0 Å². The molecule has 1 aromatic heterocycles. The van der Waals surface area contributed by atoms with Crippen LogP contribution in [0.2, 0.25) is 0 Å². The molecule has 1 fully saturated rings. The van der Waals surface area contributed by atoms with Gasteiger partial charge >= 0.3 is 0 Å². The normalized spacial score (nSPS) is 15.1. The second-order valence-electron chi connectivity index (χ2n) is 6.80. The lowest BCUT2D eigenvalue weighted by molar-refractivity contribution is -0.0390. The highest BCUT2D eigenvalue weighted by Gasteiger charge is 2.14. The fourth-order valence-corrected chi connectivity index (χ4v) is 3.76. The van der Waals surface area contributed by atoms with E-state index >= 15 is 0 Å². The van der Waals surface area contributed by atoms with Gasteiger partial charge in [0.05, 0.1) is 18.2 Å². The van der Waals surface area contributed by atoms with Crippen molar-refractivity contribution < 1.29 is 9.47 Å². The van der Waals surface area contributed by atoms with Gasteiger partial charge in [0, 0.05) is 29.6 Å². The van der Waals surface area contributed by atoms with Crippen LogP contribution in [0.4, 0.5) is 5.82 Å². The third-order valence-electron chi connectivity index (χ3n) is 4.79. The zero-order valence-electron chi connectivity index (χ0n) is 15.2. The monoisotopic (exact) mass is 426 g/mol. The Labute approximate surface area is 168 Å². The Morgan fingerprint density at radius 1 is 1.04 bits per heavy atom. The summed E-state index contributed by atoms with van der Waals surface area (Å²) in [5.74, 6) is 0.873. The summed E-state index contributed by atoms with van der Waals surface area (Å²) in [5.41, 5.74) is 3.40. The van der Waals surface area contributed by atoms with E-state index in [0.717, 1.165) is 53.8 Å². The SMILES string of the molecule is Brc1cccc2ccc(NCc3cccc(COC4CCOCC4)c3)nc12. The summed E-state index contributed by atoms with van der Waals surface area (Å²) in [5, 5.41) is 4.55. The fraction of sp³-hybridized carbons (Fsp3) is 0.318. The van der Waals surface area contributed by atoms with Crippen molar-refractivity contribution in [3.8, 4) is 0 Å². The first kappa shape index (κ1) is 18.4. The molecule has 0 atom stereocenters. The Bertz CT molecular complexity index is 910. The molecule has 5 heteroatoms. The molecule has 1 N–H and O–H groups in total. The predicted octanol–water partition coefficient (Wildman–Crippen LogP) is 5.31. The van der Waals surface area contributed by atoms with Crippen LogP contribution in [0.25, 0.3) is 10.9 Å². The molecule has 0 spiro atoms. The first-order valence-electron chi connectivity index (χ1n) is 9.34. The van der Waals surface area contributed by atoms with Crippen molar-refractivity contribution >= 4 is 32.7 Å². The fourth-order valence-electron chi connectivity index (χ4n) is 3.29. The Balaban J connectivity index is 1.37. The second kappa shape index (κ2) is 8.83. The molecule has 0 unspecified atom stereocenters. The maximum Gasteiger partial charge on any atom is 0.126 e. The minimum Gasteiger partial charge on any atom is -0.381 e. The summed E-state index contributed by atoms with van der Waals surface area (Å²) in [6, 6.07) is 18.7. The number of benzene rings is 2. The first-order chi connectivity index (χ1) is 13.3. The molecular formula is C22H23BrN2O2. The molecular weight excluding hydrogens is 404 g/mol. The molecule has 1 aliphatic heterocycles. The van der Waals surface area contributed by atoms with Gasteiger partial charge in [-0.25, -0.2) is 4.98 Å². The molecule has 2 heterocycles. The highest BCUT2D eigenvalue weighted by atomic mass is 79.9. The van der Waals surface area contributed by atoms with E-state index in [1.807, 2.05) is 18.2 Å². The number of fused-ring (bicyclic) bond motifs is 1. The highest BCUT2D eigenvalue weighted by molar-refractivity contribution is 9.10. The van der Waals surface area contributed by atoms with Gasteiger partial charge < -0.3 is 14.8 Å². The zero-order valence-corrected chi connectivity index (χ0v) is 16.7. The topological polar surface area (TPSA) is 43.4 Å². The number of aromatic nitrogens is 1. The van der Waals surface area contributed by atoms with E-state index in [4.69, 9.17) is 14.5 Å². The summed E-state index contributed by atoms with van der Waals surface area (Å²) in [6.07, 6.45) is 2.30. The van der Waals surface area contributed by atoms with Crippen LogP contribution < -0.4 is 5.32 Å². The summed E-state index contributed by atoms with van der Waals surface area (Å²) in [7, 11) is 0. The van der Waals surface area contributed by atoms with E-state index in [1.165, 1.54) is 11.1 Å². The molecule has 0 saturated carbocycles. The Kier molecular flexibility index (Phi) is 6.02. The minimum absolute atomic E-state index is 0.320. The van der Waals surface area contributed by atoms with Gasteiger partial charge in [0.25, 0.3) is 0 Å². The van der Waals surface area contributed by atoms with Gasteiger partial charge in [-0.05, 0) is 58.1 Å². The van der Waals surface area contributed by atoms with Crippen molar-refractivity contribution in [3.63, 3.8) is 0 Å². The van der Waals surface area contributed by atoms with Gasteiger partial charge in [0.1, 0.15) is 5.82 Å². The van der Waals surface area contributed by atoms with E-state index in [2.05, 4.69) is 57.6 Å². The maximum absolute atomic E-state index is 6.03. The van der Waals surface area contributed by atoms with Gasteiger partial charge in [-0.15, -0.1) is 0 Å². The first-order valence-corrected chi connectivity index (χ1v) is 10.1. The van der Waals surface area contributed by atoms with Crippen LogP contribution in [0, 0.1) is 0 Å². The van der Waals surface area contributed by atoms with Crippen LogP contribution in [-0.2, 0) is 22.6 Å². The number of hydrogen-bond acceptors (Lipinski definition) is 4. The summed E-state index contributed by atoms with van der Waals surface area (Å²) in [4.78, 5) is 4.72. The summed E-state index contributed by atoms with van der Waals surface area (Å²) in [6.45, 7) is 3.00. The van der Waals surface area contributed by atoms with Crippen LogP contribution in [0.15, 0.2) is 59.1 Å². The molecule has 3 aromatic rings. The number of halogens is 1. The number of para-hydroxylation sites is 1. The molecule has 0 amide bonds. The maximum atomic E-state index is 6.03. The van der Waals surface area contributed by atoms with Crippen molar-refractivity contribution in [1.29, 1.82) is 0 Å². The van der Waals surface area contributed by atoms with Crippen molar-refractivity contribution in [2.75, 3.05) is 18.5 Å². The van der Waals surface area contributed by atoms with E-state index < -0.39 is 0 Å². The number of nitrogens with one attached hydrogen (secondary N) is 1. The van der Waals surface area contributed by atoms with Crippen molar-refractivity contribution in [1.82, 2.24) is 4.98 Å². The number of ether oxygens (including phenoxy) is 2. The molecule has 0 aliphatic carbocycles. The Morgan fingerprint density at radius 2 is 1.85 bits per heavy atom. The van der Waals surface area contributed by atoms with E-state index in [9.17, 15) is 0 Å². The molecule has 2 aromatic carbocycles. The highest BCUT2D eigenvalue weighted by Crippen LogP contribution is 2.23. The van der Waals surface area contributed by atoms with Crippen LogP contribution in [0.3, 0.4) is 0 Å². The Hall–Kier alpha value is -1.95. The molecule has 27 heavy (non-hydrogen) atoms. The number of anilines is 1. The van der Waals surface area contributed by atoms with E-state index in [-0.39, 0.29) is 0 Å². The largest absolute Gasteiger partial charge is 0.381 e. The van der Waals surface area contributed by atoms with Crippen molar-refractivity contribution in [2.24, 2.45) is 0 Å². The van der Waals surface area contributed by atoms with Crippen molar-refractivity contribution in [3.05, 3.63) is 70.2 Å². The van der Waals surface area contributed by atoms with E-state index in [0.29, 0.717) is 12.7 Å². The lowest BCUT2D eigenvalue weighted by Crippen LogP contribution is -2.23. The minimum atomic E-state index is 0.320. The van der Waals surface area contributed by atoms with Crippen LogP contribution >= 0.6 is 15.9 Å². The van der Waals surface area contributed by atoms with Crippen LogP contribution in [-0.4, -0.2) is 24.3 Å². The third kappa shape index (κ3) is 4.86. The van der Waals surface area contributed by atoms with Gasteiger partial charge in [0.2, 0.25) is 0 Å². The van der Waals surface area contributed by atoms with Gasteiger partial charge in [-0.2, -0.15) is 0 Å². The average molecular weight is 427 g/mol. The number of pyridine rings is 1. The van der Waals surface area contributed by atoms with Gasteiger partial charge in [0.15, 0.2) is 0 Å².